The molecule has 0 fully saturated rings. The number of rotatable bonds is 2. The van der Waals surface area contributed by atoms with Gasteiger partial charge in [0.05, 0.1) is 11.9 Å². The zero-order chi connectivity index (χ0) is 11.5. The van der Waals surface area contributed by atoms with Crippen LogP contribution in [0.15, 0.2) is 35.2 Å². The van der Waals surface area contributed by atoms with E-state index in [9.17, 15) is 0 Å². The number of nitrogen functional groups attached to an aromatic ring is 1. The zero-order valence-electron chi connectivity index (χ0n) is 8.02. The van der Waals surface area contributed by atoms with E-state index in [2.05, 4.69) is 25.9 Å². The highest BCUT2D eigenvalue weighted by molar-refractivity contribution is 9.10. The molecule has 1 heterocycles. The van der Waals surface area contributed by atoms with E-state index in [1.165, 1.54) is 12.5 Å². The van der Waals surface area contributed by atoms with Gasteiger partial charge in [0.15, 0.2) is 5.75 Å². The Morgan fingerprint density at radius 1 is 1.38 bits per heavy atom. The van der Waals surface area contributed by atoms with Crippen molar-refractivity contribution in [1.29, 1.82) is 0 Å². The third-order valence-corrected chi connectivity index (χ3v) is 2.56. The van der Waals surface area contributed by atoms with E-state index in [-0.39, 0.29) is 5.88 Å². The van der Waals surface area contributed by atoms with Crippen molar-refractivity contribution < 1.29 is 4.74 Å². The van der Waals surface area contributed by atoms with Crippen LogP contribution in [0.25, 0.3) is 0 Å². The molecular formula is C10H7BrClN3O. The summed E-state index contributed by atoms with van der Waals surface area (Å²) < 4.78 is 6.35. The Kier molecular flexibility index (Phi) is 3.26. The van der Waals surface area contributed by atoms with Crippen LogP contribution in [-0.4, -0.2) is 9.97 Å². The first kappa shape index (κ1) is 11.2. The largest absolute Gasteiger partial charge is 0.435 e. The molecule has 82 valence electrons. The SMILES string of the molecule is Nc1cc(Br)ccc1Oc1ncncc1Cl. The predicted molar refractivity (Wildman–Crippen MR) is 65.7 cm³/mol. The number of hydrogen-bond acceptors (Lipinski definition) is 4. The van der Waals surface area contributed by atoms with Crippen molar-refractivity contribution in [3.05, 3.63) is 40.2 Å². The minimum atomic E-state index is 0.283. The zero-order valence-corrected chi connectivity index (χ0v) is 10.4. The molecule has 2 rings (SSSR count). The van der Waals surface area contributed by atoms with Gasteiger partial charge in [-0.1, -0.05) is 27.5 Å². The molecule has 0 radical (unpaired) electrons. The van der Waals surface area contributed by atoms with E-state index in [1.807, 2.05) is 6.07 Å². The number of benzene rings is 1. The second-order valence-corrected chi connectivity index (χ2v) is 4.28. The normalized spacial score (nSPS) is 10.1. The van der Waals surface area contributed by atoms with E-state index in [0.717, 1.165) is 4.47 Å². The van der Waals surface area contributed by atoms with Crippen molar-refractivity contribution in [2.45, 2.75) is 0 Å². The van der Waals surface area contributed by atoms with Crippen LogP contribution < -0.4 is 10.5 Å². The first-order chi connectivity index (χ1) is 7.66. The summed E-state index contributed by atoms with van der Waals surface area (Å²) in [5.74, 6) is 0.787. The van der Waals surface area contributed by atoms with Gasteiger partial charge in [0.1, 0.15) is 11.3 Å². The molecule has 16 heavy (non-hydrogen) atoms. The number of ether oxygens (including phenoxy) is 1. The molecule has 1 aromatic carbocycles. The molecule has 0 bridgehead atoms. The molecule has 2 N–H and O–H groups in total. The highest BCUT2D eigenvalue weighted by Crippen LogP contribution is 2.31. The lowest BCUT2D eigenvalue weighted by Crippen LogP contribution is -1.94. The summed E-state index contributed by atoms with van der Waals surface area (Å²) in [5, 5.41) is 0.338. The number of anilines is 1. The van der Waals surface area contributed by atoms with E-state index in [1.54, 1.807) is 12.1 Å². The maximum absolute atomic E-state index is 5.86. The third kappa shape index (κ3) is 2.43. The molecule has 0 aliphatic rings. The number of hydrogen-bond donors (Lipinski definition) is 1. The van der Waals surface area contributed by atoms with Crippen LogP contribution in [0.3, 0.4) is 0 Å². The molecule has 0 unspecified atom stereocenters. The first-order valence-corrected chi connectivity index (χ1v) is 5.52. The lowest BCUT2D eigenvalue weighted by atomic mass is 10.3. The number of halogens is 2. The summed E-state index contributed by atoms with van der Waals surface area (Å²) in [6, 6.07) is 5.29. The Balaban J connectivity index is 2.31. The quantitative estimate of drug-likeness (QED) is 0.865. The third-order valence-electron chi connectivity index (χ3n) is 1.81. The van der Waals surface area contributed by atoms with Crippen LogP contribution in [0, 0.1) is 0 Å². The van der Waals surface area contributed by atoms with Crippen LogP contribution in [0.1, 0.15) is 0 Å². The van der Waals surface area contributed by atoms with Gasteiger partial charge in [0, 0.05) is 4.47 Å². The summed E-state index contributed by atoms with van der Waals surface area (Å²) in [5.41, 5.74) is 6.28. The Bertz CT molecular complexity index is 521. The van der Waals surface area contributed by atoms with Gasteiger partial charge in [-0.25, -0.2) is 9.97 Å². The monoisotopic (exact) mass is 299 g/mol. The summed E-state index contributed by atoms with van der Waals surface area (Å²) >= 11 is 9.17. The van der Waals surface area contributed by atoms with Crippen molar-refractivity contribution in [1.82, 2.24) is 9.97 Å². The van der Waals surface area contributed by atoms with Crippen LogP contribution >= 0.6 is 27.5 Å². The summed E-state index contributed by atoms with van der Waals surface area (Å²) in [4.78, 5) is 7.67. The average Bonchev–Trinajstić information content (AvgIpc) is 2.25. The molecule has 0 saturated heterocycles. The van der Waals surface area contributed by atoms with Gasteiger partial charge in [-0.2, -0.15) is 0 Å². The Morgan fingerprint density at radius 3 is 2.88 bits per heavy atom. The highest BCUT2D eigenvalue weighted by Gasteiger charge is 2.07. The maximum atomic E-state index is 5.86. The molecule has 0 saturated carbocycles. The fourth-order valence-electron chi connectivity index (χ4n) is 1.09. The van der Waals surface area contributed by atoms with E-state index in [4.69, 9.17) is 22.1 Å². The molecule has 6 heteroatoms. The van der Waals surface area contributed by atoms with Crippen molar-refractivity contribution in [2.75, 3.05) is 5.73 Å². The Morgan fingerprint density at radius 2 is 2.19 bits per heavy atom. The van der Waals surface area contributed by atoms with E-state index in [0.29, 0.717) is 16.5 Å². The first-order valence-electron chi connectivity index (χ1n) is 4.35. The highest BCUT2D eigenvalue weighted by atomic mass is 79.9. The molecule has 0 aliphatic carbocycles. The minimum Gasteiger partial charge on any atom is -0.435 e. The van der Waals surface area contributed by atoms with Crippen molar-refractivity contribution in [3.63, 3.8) is 0 Å². The fourth-order valence-corrected chi connectivity index (χ4v) is 1.62. The topological polar surface area (TPSA) is 61.0 Å². The van der Waals surface area contributed by atoms with Gasteiger partial charge >= 0.3 is 0 Å². The number of aromatic nitrogens is 2. The van der Waals surface area contributed by atoms with Gasteiger partial charge in [0.25, 0.3) is 0 Å². The smallest absolute Gasteiger partial charge is 0.241 e. The van der Waals surface area contributed by atoms with Crippen LogP contribution in [0.2, 0.25) is 5.02 Å². The lowest BCUT2D eigenvalue weighted by molar-refractivity contribution is 0.464. The standard InChI is InChI=1S/C10H7BrClN3O/c11-6-1-2-9(8(13)3-6)16-10-7(12)4-14-5-15-10/h1-5H,13H2. The number of nitrogens with zero attached hydrogens (tertiary/aromatic N) is 2. The minimum absolute atomic E-state index is 0.283. The van der Waals surface area contributed by atoms with Crippen molar-refractivity contribution in [3.8, 4) is 11.6 Å². The second kappa shape index (κ2) is 4.67. The van der Waals surface area contributed by atoms with Crippen LogP contribution in [0.4, 0.5) is 5.69 Å². The summed E-state index contributed by atoms with van der Waals surface area (Å²) in [7, 11) is 0. The van der Waals surface area contributed by atoms with Crippen molar-refractivity contribution >= 4 is 33.2 Å². The molecule has 0 atom stereocenters. The predicted octanol–water partition coefficient (Wildman–Crippen LogP) is 3.27. The fraction of sp³-hybridized carbons (Fsp3) is 0. The molecule has 1 aromatic heterocycles. The van der Waals surface area contributed by atoms with Gasteiger partial charge in [-0.15, -0.1) is 0 Å². The van der Waals surface area contributed by atoms with Gasteiger partial charge in [-0.05, 0) is 18.2 Å². The van der Waals surface area contributed by atoms with E-state index >= 15 is 0 Å². The molecule has 0 aliphatic heterocycles. The van der Waals surface area contributed by atoms with Gasteiger partial charge < -0.3 is 10.5 Å². The summed E-state index contributed by atoms with van der Waals surface area (Å²) in [6.07, 6.45) is 2.81. The Labute approximate surface area is 106 Å². The number of nitrogens with two attached hydrogens (primary N) is 1. The summed E-state index contributed by atoms with van der Waals surface area (Å²) in [6.45, 7) is 0. The van der Waals surface area contributed by atoms with Crippen molar-refractivity contribution in [2.24, 2.45) is 0 Å². The van der Waals surface area contributed by atoms with E-state index < -0.39 is 0 Å². The van der Waals surface area contributed by atoms with Gasteiger partial charge in [0.2, 0.25) is 5.88 Å². The maximum Gasteiger partial charge on any atom is 0.241 e. The molecule has 0 spiro atoms. The van der Waals surface area contributed by atoms with Crippen LogP contribution in [-0.2, 0) is 0 Å². The molecule has 4 nitrogen and oxygen atoms in total. The molecular weight excluding hydrogens is 293 g/mol. The van der Waals surface area contributed by atoms with Gasteiger partial charge in [-0.3, -0.25) is 0 Å². The van der Waals surface area contributed by atoms with Crippen LogP contribution in [0.5, 0.6) is 11.6 Å². The molecule has 0 amide bonds. The molecule has 2 aromatic rings. The lowest BCUT2D eigenvalue weighted by Gasteiger charge is -2.08. The second-order valence-electron chi connectivity index (χ2n) is 2.96. The Hall–Kier alpha value is -1.33. The average molecular weight is 301 g/mol.